The summed E-state index contributed by atoms with van der Waals surface area (Å²) < 4.78 is 36.6. The van der Waals surface area contributed by atoms with Gasteiger partial charge in [-0.15, -0.1) is 0 Å². The average Bonchev–Trinajstić information content (AvgIpc) is 2.26. The Morgan fingerprint density at radius 3 is 2.21 bits per heavy atom. The monoisotopic (exact) mass is 297 g/mol. The fourth-order valence-corrected chi connectivity index (χ4v) is 3.76. The van der Waals surface area contributed by atoms with Crippen LogP contribution in [0.1, 0.15) is 46.5 Å². The first-order valence-electron chi connectivity index (χ1n) is 7.04. The molecule has 0 saturated heterocycles. The summed E-state index contributed by atoms with van der Waals surface area (Å²) in [6.07, 6.45) is 3.90. The minimum atomic E-state index is -4.10. The quantitative estimate of drug-likeness (QED) is 0.816. The van der Waals surface area contributed by atoms with Crippen LogP contribution in [0.4, 0.5) is 13.2 Å². The predicted molar refractivity (Wildman–Crippen MR) is 76.0 cm³/mol. The van der Waals surface area contributed by atoms with Crippen molar-refractivity contribution in [1.82, 2.24) is 0 Å². The summed E-state index contributed by atoms with van der Waals surface area (Å²) in [5, 5.41) is 0. The Morgan fingerprint density at radius 1 is 1.11 bits per heavy atom. The molecule has 1 nitrogen and oxygen atoms in total. The zero-order valence-corrected chi connectivity index (χ0v) is 12.9. The first-order chi connectivity index (χ1) is 8.63. The number of thioether (sulfide) groups is 1. The molecular weight excluding hydrogens is 271 g/mol. The molecule has 5 heteroatoms. The maximum atomic E-state index is 12.2. The summed E-state index contributed by atoms with van der Waals surface area (Å²) in [6, 6.07) is 0. The van der Waals surface area contributed by atoms with Crippen LogP contribution in [0.25, 0.3) is 0 Å². The summed E-state index contributed by atoms with van der Waals surface area (Å²) in [5.74, 6) is 1.54. The largest absolute Gasteiger partial charge is 0.441 e. The molecule has 19 heavy (non-hydrogen) atoms. The van der Waals surface area contributed by atoms with Crippen molar-refractivity contribution in [2.45, 2.75) is 52.0 Å². The maximum Gasteiger partial charge on any atom is 0.441 e. The van der Waals surface area contributed by atoms with Gasteiger partial charge < -0.3 is 5.73 Å². The van der Waals surface area contributed by atoms with E-state index in [0.29, 0.717) is 30.7 Å². The number of alkyl halides is 3. The summed E-state index contributed by atoms with van der Waals surface area (Å²) in [6.45, 7) is 7.28. The third-order valence-corrected chi connectivity index (χ3v) is 5.19. The molecule has 0 amide bonds. The highest BCUT2D eigenvalue weighted by Gasteiger charge is 2.36. The Morgan fingerprint density at radius 2 is 1.74 bits per heavy atom. The Balaban J connectivity index is 2.51. The van der Waals surface area contributed by atoms with Crippen LogP contribution >= 0.6 is 11.8 Å². The van der Waals surface area contributed by atoms with Crippen LogP contribution in [0.15, 0.2) is 0 Å². The first kappa shape index (κ1) is 17.2. The van der Waals surface area contributed by atoms with E-state index in [1.165, 1.54) is 0 Å². The lowest BCUT2D eigenvalue weighted by molar-refractivity contribution is -0.0329. The van der Waals surface area contributed by atoms with Crippen molar-refractivity contribution in [1.29, 1.82) is 0 Å². The molecular formula is C14H26F3NS. The molecule has 1 aliphatic rings. The van der Waals surface area contributed by atoms with Crippen LogP contribution in [0.3, 0.4) is 0 Å². The van der Waals surface area contributed by atoms with E-state index >= 15 is 0 Å². The summed E-state index contributed by atoms with van der Waals surface area (Å²) in [5.41, 5.74) is 1.92. The number of rotatable bonds is 4. The Kier molecular flexibility index (Phi) is 6.05. The topological polar surface area (TPSA) is 26.0 Å². The fourth-order valence-electron chi connectivity index (χ4n) is 3.10. The van der Waals surface area contributed by atoms with Crippen molar-refractivity contribution in [3.05, 3.63) is 0 Å². The van der Waals surface area contributed by atoms with E-state index in [2.05, 4.69) is 20.8 Å². The second-order valence-corrected chi connectivity index (χ2v) is 7.87. The van der Waals surface area contributed by atoms with Gasteiger partial charge in [-0.2, -0.15) is 13.2 Å². The van der Waals surface area contributed by atoms with E-state index in [9.17, 15) is 13.2 Å². The first-order valence-corrected chi connectivity index (χ1v) is 8.03. The SMILES string of the molecule is CC(C)(C)C1CCC(CN)C(CCSC(F)(F)F)C1. The molecule has 0 aromatic rings. The number of halogens is 3. The molecule has 1 aliphatic carbocycles. The minimum absolute atomic E-state index is 0.108. The highest BCUT2D eigenvalue weighted by Crippen LogP contribution is 2.44. The van der Waals surface area contributed by atoms with E-state index in [0.717, 1.165) is 19.3 Å². The van der Waals surface area contributed by atoms with Gasteiger partial charge in [-0.3, -0.25) is 0 Å². The van der Waals surface area contributed by atoms with Gasteiger partial charge in [-0.1, -0.05) is 32.5 Å². The van der Waals surface area contributed by atoms with E-state index in [1.807, 2.05) is 0 Å². The van der Waals surface area contributed by atoms with Gasteiger partial charge in [0, 0.05) is 5.75 Å². The summed E-state index contributed by atoms with van der Waals surface area (Å²) in [4.78, 5) is 0. The van der Waals surface area contributed by atoms with Crippen LogP contribution in [0.5, 0.6) is 0 Å². The lowest BCUT2D eigenvalue weighted by Gasteiger charge is -2.41. The van der Waals surface area contributed by atoms with Gasteiger partial charge in [0.1, 0.15) is 0 Å². The van der Waals surface area contributed by atoms with E-state index in [4.69, 9.17) is 5.73 Å². The zero-order chi connectivity index (χ0) is 14.7. The van der Waals surface area contributed by atoms with Gasteiger partial charge in [0.25, 0.3) is 0 Å². The van der Waals surface area contributed by atoms with Gasteiger partial charge >= 0.3 is 5.51 Å². The third-order valence-electron chi connectivity index (χ3n) is 4.42. The molecule has 0 radical (unpaired) electrons. The van der Waals surface area contributed by atoms with Crippen molar-refractivity contribution in [2.24, 2.45) is 28.9 Å². The van der Waals surface area contributed by atoms with Gasteiger partial charge in [-0.05, 0) is 55.4 Å². The Hall–Kier alpha value is 0.100. The van der Waals surface area contributed by atoms with Crippen LogP contribution in [-0.2, 0) is 0 Å². The van der Waals surface area contributed by atoms with Gasteiger partial charge in [0.05, 0.1) is 0 Å². The average molecular weight is 297 g/mol. The normalized spacial score (nSPS) is 29.5. The predicted octanol–water partition coefficient (Wildman–Crippen LogP) is 4.67. The number of hydrogen-bond donors (Lipinski definition) is 1. The van der Waals surface area contributed by atoms with Gasteiger partial charge in [0.2, 0.25) is 0 Å². The van der Waals surface area contributed by atoms with Crippen LogP contribution in [0.2, 0.25) is 0 Å². The molecule has 0 spiro atoms. The van der Waals surface area contributed by atoms with Crippen LogP contribution in [-0.4, -0.2) is 17.8 Å². The number of hydrogen-bond acceptors (Lipinski definition) is 2. The second kappa shape index (κ2) is 6.70. The third kappa shape index (κ3) is 5.94. The van der Waals surface area contributed by atoms with Crippen molar-refractivity contribution < 1.29 is 13.2 Å². The molecule has 3 atom stereocenters. The Bertz CT molecular complexity index is 273. The minimum Gasteiger partial charge on any atom is -0.330 e. The molecule has 1 rings (SSSR count). The van der Waals surface area contributed by atoms with Crippen LogP contribution < -0.4 is 5.73 Å². The molecule has 0 bridgehead atoms. The molecule has 0 aliphatic heterocycles. The van der Waals surface area contributed by atoms with E-state index in [-0.39, 0.29) is 22.9 Å². The molecule has 0 heterocycles. The zero-order valence-electron chi connectivity index (χ0n) is 12.1. The molecule has 0 aromatic carbocycles. The van der Waals surface area contributed by atoms with E-state index in [1.54, 1.807) is 0 Å². The standard InChI is InChI=1S/C14H26F3NS/c1-13(2,3)12-5-4-11(9-18)10(8-12)6-7-19-14(15,16)17/h10-12H,4-9,18H2,1-3H3. The van der Waals surface area contributed by atoms with Crippen molar-refractivity contribution in [3.8, 4) is 0 Å². The van der Waals surface area contributed by atoms with E-state index < -0.39 is 5.51 Å². The molecule has 3 unspecified atom stereocenters. The highest BCUT2D eigenvalue weighted by molar-refractivity contribution is 8.00. The fraction of sp³-hybridized carbons (Fsp3) is 1.00. The molecule has 1 fully saturated rings. The lowest BCUT2D eigenvalue weighted by atomic mass is 9.65. The molecule has 114 valence electrons. The van der Waals surface area contributed by atoms with Gasteiger partial charge in [-0.25, -0.2) is 0 Å². The Labute approximate surface area is 118 Å². The second-order valence-electron chi connectivity index (χ2n) is 6.71. The lowest BCUT2D eigenvalue weighted by Crippen LogP contribution is -2.35. The molecule has 1 saturated carbocycles. The van der Waals surface area contributed by atoms with Crippen molar-refractivity contribution in [2.75, 3.05) is 12.3 Å². The van der Waals surface area contributed by atoms with Crippen LogP contribution in [0, 0.1) is 23.2 Å². The van der Waals surface area contributed by atoms with Crippen molar-refractivity contribution >= 4 is 11.8 Å². The van der Waals surface area contributed by atoms with Gasteiger partial charge in [0.15, 0.2) is 0 Å². The summed E-state index contributed by atoms with van der Waals surface area (Å²) in [7, 11) is 0. The molecule has 0 aromatic heterocycles. The highest BCUT2D eigenvalue weighted by atomic mass is 32.2. The maximum absolute atomic E-state index is 12.2. The van der Waals surface area contributed by atoms with Crippen molar-refractivity contribution in [3.63, 3.8) is 0 Å². The molecule has 2 N–H and O–H groups in total. The number of nitrogens with two attached hydrogens (primary N) is 1. The smallest absolute Gasteiger partial charge is 0.330 e. The summed E-state index contributed by atoms with van der Waals surface area (Å²) >= 11 is 0.108.